The van der Waals surface area contributed by atoms with Crippen LogP contribution < -0.4 is 25.2 Å². The predicted octanol–water partition coefficient (Wildman–Crippen LogP) is 5.77. The van der Waals surface area contributed by atoms with E-state index in [1.807, 2.05) is 26.0 Å². The molecule has 3 rings (SSSR count). The SMILES string of the molecule is CCCCCCOc1ccc(/C=C/C(=O)Oc2ccc3cc(C(=O)NCC(C)C)c(=O)oc3c2)cc1OC. The Kier molecular flexibility index (Phi) is 10.5. The first-order valence-electron chi connectivity index (χ1n) is 12.9. The van der Waals surface area contributed by atoms with Gasteiger partial charge in [0, 0.05) is 24.1 Å². The molecule has 0 saturated carbocycles. The fraction of sp³-hybridized carbons (Fsp3) is 0.367. The number of hydrogen-bond donors (Lipinski definition) is 1. The molecule has 202 valence electrons. The third-order valence-corrected chi connectivity index (χ3v) is 5.70. The molecule has 3 aromatic rings. The molecule has 0 unspecified atom stereocenters. The zero-order chi connectivity index (χ0) is 27.5. The Balaban J connectivity index is 1.64. The van der Waals surface area contributed by atoms with E-state index in [9.17, 15) is 14.4 Å². The lowest BCUT2D eigenvalue weighted by molar-refractivity contribution is -0.128. The molecule has 8 heteroatoms. The van der Waals surface area contributed by atoms with Crippen LogP contribution >= 0.6 is 0 Å². The van der Waals surface area contributed by atoms with Crippen LogP contribution in [0.1, 0.15) is 62.4 Å². The van der Waals surface area contributed by atoms with Gasteiger partial charge in [0.25, 0.3) is 5.91 Å². The van der Waals surface area contributed by atoms with E-state index in [1.54, 1.807) is 31.4 Å². The summed E-state index contributed by atoms with van der Waals surface area (Å²) in [6.45, 7) is 7.15. The van der Waals surface area contributed by atoms with Gasteiger partial charge in [-0.3, -0.25) is 4.79 Å². The highest BCUT2D eigenvalue weighted by atomic mass is 16.5. The van der Waals surface area contributed by atoms with E-state index in [4.69, 9.17) is 18.6 Å². The Morgan fingerprint density at radius 3 is 2.58 bits per heavy atom. The fourth-order valence-corrected chi connectivity index (χ4v) is 3.64. The van der Waals surface area contributed by atoms with E-state index in [2.05, 4.69) is 12.2 Å². The molecule has 0 aliphatic carbocycles. The number of unbranched alkanes of at least 4 members (excludes halogenated alkanes) is 3. The first-order chi connectivity index (χ1) is 18.3. The molecule has 0 spiro atoms. The third-order valence-electron chi connectivity index (χ3n) is 5.70. The molecule has 1 heterocycles. The number of fused-ring (bicyclic) bond motifs is 1. The van der Waals surface area contributed by atoms with E-state index in [0.29, 0.717) is 30.0 Å². The van der Waals surface area contributed by atoms with Gasteiger partial charge in [-0.05, 0) is 54.3 Å². The molecule has 0 radical (unpaired) electrons. The van der Waals surface area contributed by atoms with Crippen LogP contribution in [0, 0.1) is 5.92 Å². The Bertz CT molecular complexity index is 1340. The van der Waals surface area contributed by atoms with Crippen LogP contribution in [-0.2, 0) is 4.79 Å². The molecule has 0 bridgehead atoms. The van der Waals surface area contributed by atoms with Gasteiger partial charge in [-0.25, -0.2) is 9.59 Å². The second kappa shape index (κ2) is 14.0. The van der Waals surface area contributed by atoms with E-state index >= 15 is 0 Å². The number of ether oxygens (including phenoxy) is 3. The molecule has 38 heavy (non-hydrogen) atoms. The average Bonchev–Trinajstić information content (AvgIpc) is 2.90. The Labute approximate surface area is 222 Å². The summed E-state index contributed by atoms with van der Waals surface area (Å²) < 4.78 is 21.9. The van der Waals surface area contributed by atoms with E-state index < -0.39 is 17.5 Å². The minimum absolute atomic E-state index is 0.0748. The molecule has 1 aromatic heterocycles. The van der Waals surface area contributed by atoms with Crippen LogP contribution in [0.15, 0.2) is 57.8 Å². The zero-order valence-corrected chi connectivity index (χ0v) is 22.4. The Morgan fingerprint density at radius 1 is 1.03 bits per heavy atom. The average molecular weight is 522 g/mol. The summed E-state index contributed by atoms with van der Waals surface area (Å²) in [6, 6.07) is 11.5. The quantitative estimate of drug-likeness (QED) is 0.100. The van der Waals surface area contributed by atoms with Gasteiger partial charge >= 0.3 is 11.6 Å². The number of carbonyl (C=O) groups is 2. The zero-order valence-electron chi connectivity index (χ0n) is 22.4. The van der Waals surface area contributed by atoms with Gasteiger partial charge in [0.2, 0.25) is 0 Å². The van der Waals surface area contributed by atoms with E-state index in [1.165, 1.54) is 31.1 Å². The Hall–Kier alpha value is -4.07. The molecular weight excluding hydrogens is 486 g/mol. The summed E-state index contributed by atoms with van der Waals surface area (Å²) in [5.74, 6) is 0.597. The molecule has 0 atom stereocenters. The van der Waals surface area contributed by atoms with Crippen LogP contribution in [0.25, 0.3) is 17.0 Å². The van der Waals surface area contributed by atoms with Crippen LogP contribution in [-0.4, -0.2) is 32.1 Å². The fourth-order valence-electron chi connectivity index (χ4n) is 3.64. The first kappa shape index (κ1) is 28.5. The van der Waals surface area contributed by atoms with Crippen molar-refractivity contribution in [3.8, 4) is 17.2 Å². The van der Waals surface area contributed by atoms with Crippen molar-refractivity contribution < 1.29 is 28.2 Å². The maximum Gasteiger partial charge on any atom is 0.349 e. The number of rotatable bonds is 13. The predicted molar refractivity (Wildman–Crippen MR) is 147 cm³/mol. The van der Waals surface area contributed by atoms with Crippen molar-refractivity contribution >= 4 is 28.9 Å². The van der Waals surface area contributed by atoms with Gasteiger partial charge in [-0.2, -0.15) is 0 Å². The van der Waals surface area contributed by atoms with Crippen LogP contribution in [0.3, 0.4) is 0 Å². The highest BCUT2D eigenvalue weighted by Gasteiger charge is 2.15. The summed E-state index contributed by atoms with van der Waals surface area (Å²) in [5, 5.41) is 3.24. The van der Waals surface area contributed by atoms with Crippen molar-refractivity contribution in [1.82, 2.24) is 5.32 Å². The summed E-state index contributed by atoms with van der Waals surface area (Å²) in [6.07, 6.45) is 7.37. The molecule has 8 nitrogen and oxygen atoms in total. The standard InChI is InChI=1S/C30H35NO7/c1-5-6-7-8-15-36-25-13-9-21(16-27(25)35-4)10-14-28(32)37-23-12-11-22-17-24(29(33)31-19-20(2)3)30(34)38-26(22)18-23/h9-14,16-18,20H,5-8,15,19H2,1-4H3,(H,31,33)/b14-10+. The van der Waals surface area contributed by atoms with Gasteiger partial charge in [0.1, 0.15) is 16.9 Å². The van der Waals surface area contributed by atoms with Gasteiger partial charge in [-0.1, -0.05) is 46.1 Å². The van der Waals surface area contributed by atoms with Gasteiger partial charge in [-0.15, -0.1) is 0 Å². The smallest absolute Gasteiger partial charge is 0.349 e. The lowest BCUT2D eigenvalue weighted by atomic mass is 10.1. The van der Waals surface area contributed by atoms with Gasteiger partial charge in [0.05, 0.1) is 13.7 Å². The maximum atomic E-state index is 12.4. The number of hydrogen-bond acceptors (Lipinski definition) is 7. The normalized spacial score (nSPS) is 11.2. The van der Waals surface area contributed by atoms with Crippen LogP contribution in [0.5, 0.6) is 17.2 Å². The molecule has 1 N–H and O–H groups in total. The van der Waals surface area contributed by atoms with Crippen molar-refractivity contribution in [3.63, 3.8) is 0 Å². The minimum atomic E-state index is -0.760. The second-order valence-corrected chi connectivity index (χ2v) is 9.32. The molecule has 0 aliphatic rings. The number of nitrogens with one attached hydrogen (secondary N) is 1. The molecule has 0 fully saturated rings. The summed E-state index contributed by atoms with van der Waals surface area (Å²) >= 11 is 0. The van der Waals surface area contributed by atoms with E-state index in [0.717, 1.165) is 18.4 Å². The third kappa shape index (κ3) is 8.23. The minimum Gasteiger partial charge on any atom is -0.493 e. The number of amides is 1. The summed E-state index contributed by atoms with van der Waals surface area (Å²) in [7, 11) is 1.57. The molecule has 2 aromatic carbocycles. The summed E-state index contributed by atoms with van der Waals surface area (Å²) in [5.41, 5.74) is 0.114. The number of benzene rings is 2. The highest BCUT2D eigenvalue weighted by Crippen LogP contribution is 2.29. The van der Waals surface area contributed by atoms with Crippen molar-refractivity contribution in [1.29, 1.82) is 0 Å². The molecular formula is C30H35NO7. The van der Waals surface area contributed by atoms with E-state index in [-0.39, 0.29) is 22.8 Å². The second-order valence-electron chi connectivity index (χ2n) is 9.32. The van der Waals surface area contributed by atoms with Gasteiger partial charge in [0.15, 0.2) is 11.5 Å². The molecule has 1 amide bonds. The molecule has 0 saturated heterocycles. The van der Waals surface area contributed by atoms with Crippen molar-refractivity contribution in [3.05, 3.63) is 70.1 Å². The number of esters is 1. The molecule has 0 aliphatic heterocycles. The van der Waals surface area contributed by atoms with Crippen molar-refractivity contribution in [2.24, 2.45) is 5.92 Å². The van der Waals surface area contributed by atoms with Crippen LogP contribution in [0.2, 0.25) is 0 Å². The maximum absolute atomic E-state index is 12.4. The highest BCUT2D eigenvalue weighted by molar-refractivity contribution is 5.97. The van der Waals surface area contributed by atoms with Crippen LogP contribution in [0.4, 0.5) is 0 Å². The van der Waals surface area contributed by atoms with Crippen molar-refractivity contribution in [2.45, 2.75) is 46.5 Å². The monoisotopic (exact) mass is 521 g/mol. The van der Waals surface area contributed by atoms with Gasteiger partial charge < -0.3 is 23.9 Å². The Morgan fingerprint density at radius 2 is 1.84 bits per heavy atom. The largest absolute Gasteiger partial charge is 0.493 e. The topological polar surface area (TPSA) is 104 Å². The summed E-state index contributed by atoms with van der Waals surface area (Å²) in [4.78, 5) is 37.0. The number of carbonyl (C=O) groups excluding carboxylic acids is 2. The lowest BCUT2D eigenvalue weighted by Crippen LogP contribution is -2.31. The van der Waals surface area contributed by atoms with Crippen molar-refractivity contribution in [2.75, 3.05) is 20.3 Å². The number of methoxy groups -OCH3 is 1. The first-order valence-corrected chi connectivity index (χ1v) is 12.9. The lowest BCUT2D eigenvalue weighted by Gasteiger charge is -2.11.